The molecule has 0 aromatic carbocycles. The smallest absolute Gasteiger partial charge is 0.221 e. The van der Waals surface area contributed by atoms with Crippen molar-refractivity contribution in [2.24, 2.45) is 7.05 Å². The molecule has 0 atom stereocenters. The molecular weight excluding hydrogens is 218 g/mol. The quantitative estimate of drug-likeness (QED) is 0.876. The van der Waals surface area contributed by atoms with Gasteiger partial charge in [0.15, 0.2) is 0 Å². The van der Waals surface area contributed by atoms with Crippen LogP contribution >= 0.6 is 0 Å². The Hall–Kier alpha value is -1.88. The van der Waals surface area contributed by atoms with Gasteiger partial charge < -0.3 is 9.84 Å². The van der Waals surface area contributed by atoms with Crippen LogP contribution in [0.25, 0.3) is 0 Å². The van der Waals surface area contributed by atoms with Crippen molar-refractivity contribution in [1.82, 2.24) is 14.8 Å². The van der Waals surface area contributed by atoms with Crippen LogP contribution in [0.1, 0.15) is 17.0 Å². The number of aliphatic hydroxyl groups is 1. The monoisotopic (exact) mass is 233 g/mol. The molecule has 0 aliphatic heterocycles. The number of ether oxygens (including phenoxy) is 1. The number of pyridine rings is 1. The van der Waals surface area contributed by atoms with Crippen molar-refractivity contribution in [2.45, 2.75) is 20.5 Å². The van der Waals surface area contributed by atoms with E-state index in [1.54, 1.807) is 16.8 Å². The Morgan fingerprint density at radius 1 is 1.35 bits per heavy atom. The van der Waals surface area contributed by atoms with Gasteiger partial charge in [0.05, 0.1) is 12.3 Å². The van der Waals surface area contributed by atoms with Crippen LogP contribution in [-0.2, 0) is 13.7 Å². The molecule has 0 spiro atoms. The van der Waals surface area contributed by atoms with Crippen molar-refractivity contribution in [2.75, 3.05) is 0 Å². The summed E-state index contributed by atoms with van der Waals surface area (Å²) in [5, 5.41) is 13.2. The molecule has 2 aromatic heterocycles. The highest BCUT2D eigenvalue weighted by atomic mass is 16.5. The maximum Gasteiger partial charge on any atom is 0.221 e. The van der Waals surface area contributed by atoms with Crippen LogP contribution in [0.4, 0.5) is 0 Å². The first-order chi connectivity index (χ1) is 8.10. The number of hydrogen-bond donors (Lipinski definition) is 1. The van der Waals surface area contributed by atoms with Crippen LogP contribution in [0.3, 0.4) is 0 Å². The maximum absolute atomic E-state index is 9.05. The van der Waals surface area contributed by atoms with Crippen molar-refractivity contribution in [3.8, 4) is 11.8 Å². The molecule has 0 fully saturated rings. The average molecular weight is 233 g/mol. The molecule has 0 aliphatic carbocycles. The standard InChI is InChI=1S/C12H15N3O2/c1-8-6-12(15(3)14-8)17-11-5-4-10(7-16)9(2)13-11/h4-6,16H,7H2,1-3H3. The highest BCUT2D eigenvalue weighted by Crippen LogP contribution is 2.21. The van der Waals surface area contributed by atoms with E-state index >= 15 is 0 Å². The minimum Gasteiger partial charge on any atom is -0.421 e. The van der Waals surface area contributed by atoms with Gasteiger partial charge in [-0.2, -0.15) is 5.10 Å². The van der Waals surface area contributed by atoms with Crippen molar-refractivity contribution in [3.05, 3.63) is 35.2 Å². The van der Waals surface area contributed by atoms with Gasteiger partial charge in [-0.3, -0.25) is 0 Å². The maximum atomic E-state index is 9.05. The predicted octanol–water partition coefficient (Wildman–Crippen LogP) is 1.72. The van der Waals surface area contributed by atoms with Crippen LogP contribution in [-0.4, -0.2) is 19.9 Å². The second kappa shape index (κ2) is 4.55. The summed E-state index contributed by atoms with van der Waals surface area (Å²) in [6.07, 6.45) is 0. The zero-order valence-electron chi connectivity index (χ0n) is 10.1. The fraction of sp³-hybridized carbons (Fsp3) is 0.333. The van der Waals surface area contributed by atoms with Gasteiger partial charge in [-0.1, -0.05) is 0 Å². The number of rotatable bonds is 3. The lowest BCUT2D eigenvalue weighted by Crippen LogP contribution is -1.98. The molecule has 17 heavy (non-hydrogen) atoms. The number of nitrogens with zero attached hydrogens (tertiary/aromatic N) is 3. The SMILES string of the molecule is Cc1cc(Oc2ccc(CO)c(C)n2)n(C)n1. The molecule has 0 amide bonds. The second-order valence-electron chi connectivity index (χ2n) is 3.90. The lowest BCUT2D eigenvalue weighted by Gasteiger charge is -2.07. The number of aliphatic hydroxyl groups excluding tert-OH is 1. The van der Waals surface area contributed by atoms with Crippen LogP contribution in [0.2, 0.25) is 0 Å². The molecule has 2 aromatic rings. The van der Waals surface area contributed by atoms with Gasteiger partial charge in [0, 0.05) is 24.9 Å². The lowest BCUT2D eigenvalue weighted by molar-refractivity contribution is 0.280. The zero-order valence-corrected chi connectivity index (χ0v) is 10.1. The summed E-state index contributed by atoms with van der Waals surface area (Å²) in [5.74, 6) is 1.15. The van der Waals surface area contributed by atoms with E-state index in [0.717, 1.165) is 17.0 Å². The Bertz CT molecular complexity index is 535. The number of hydrogen-bond acceptors (Lipinski definition) is 4. The van der Waals surface area contributed by atoms with Crippen molar-refractivity contribution >= 4 is 0 Å². The van der Waals surface area contributed by atoms with Crippen LogP contribution in [0.15, 0.2) is 18.2 Å². The van der Waals surface area contributed by atoms with Gasteiger partial charge in [-0.05, 0) is 25.5 Å². The molecule has 2 rings (SSSR count). The third-order valence-electron chi connectivity index (χ3n) is 2.51. The minimum absolute atomic E-state index is 0.00999. The fourth-order valence-corrected chi connectivity index (χ4v) is 1.58. The molecule has 5 nitrogen and oxygen atoms in total. The van der Waals surface area contributed by atoms with Gasteiger partial charge in [0.25, 0.3) is 0 Å². The largest absolute Gasteiger partial charge is 0.421 e. The Labute approximate surface area is 99.7 Å². The summed E-state index contributed by atoms with van der Waals surface area (Å²) in [7, 11) is 1.82. The summed E-state index contributed by atoms with van der Waals surface area (Å²) in [6.45, 7) is 3.73. The first-order valence-electron chi connectivity index (χ1n) is 5.36. The molecule has 0 saturated carbocycles. The van der Waals surface area contributed by atoms with Gasteiger partial charge in [-0.15, -0.1) is 0 Å². The zero-order chi connectivity index (χ0) is 12.4. The third-order valence-corrected chi connectivity index (χ3v) is 2.51. The molecule has 0 aliphatic rings. The minimum atomic E-state index is -0.00999. The number of aromatic nitrogens is 3. The lowest BCUT2D eigenvalue weighted by atomic mass is 10.2. The summed E-state index contributed by atoms with van der Waals surface area (Å²) < 4.78 is 7.28. The molecule has 0 radical (unpaired) electrons. The third kappa shape index (κ3) is 2.45. The first-order valence-corrected chi connectivity index (χ1v) is 5.36. The highest BCUT2D eigenvalue weighted by molar-refractivity contribution is 5.27. The summed E-state index contributed by atoms with van der Waals surface area (Å²) in [5.41, 5.74) is 2.47. The molecule has 0 saturated heterocycles. The van der Waals surface area contributed by atoms with Gasteiger partial charge in [0.2, 0.25) is 11.8 Å². The van der Waals surface area contributed by atoms with Crippen LogP contribution in [0, 0.1) is 13.8 Å². The topological polar surface area (TPSA) is 60.2 Å². The van der Waals surface area contributed by atoms with E-state index in [-0.39, 0.29) is 6.61 Å². The molecular formula is C12H15N3O2. The van der Waals surface area contributed by atoms with Crippen molar-refractivity contribution in [3.63, 3.8) is 0 Å². The van der Waals surface area contributed by atoms with E-state index in [9.17, 15) is 0 Å². The molecule has 90 valence electrons. The predicted molar refractivity (Wildman–Crippen MR) is 62.9 cm³/mol. The second-order valence-corrected chi connectivity index (χ2v) is 3.90. The van der Waals surface area contributed by atoms with E-state index in [1.807, 2.05) is 27.0 Å². The van der Waals surface area contributed by atoms with E-state index in [4.69, 9.17) is 9.84 Å². The molecule has 0 bridgehead atoms. The van der Waals surface area contributed by atoms with E-state index in [0.29, 0.717) is 11.8 Å². The normalized spacial score (nSPS) is 10.6. The van der Waals surface area contributed by atoms with E-state index in [2.05, 4.69) is 10.1 Å². The van der Waals surface area contributed by atoms with Gasteiger partial charge in [-0.25, -0.2) is 9.67 Å². The highest BCUT2D eigenvalue weighted by Gasteiger charge is 2.07. The molecule has 2 heterocycles. The van der Waals surface area contributed by atoms with Crippen LogP contribution in [0.5, 0.6) is 11.8 Å². The van der Waals surface area contributed by atoms with E-state index in [1.165, 1.54) is 0 Å². The first kappa shape index (κ1) is 11.6. The fourth-order valence-electron chi connectivity index (χ4n) is 1.58. The van der Waals surface area contributed by atoms with Crippen molar-refractivity contribution in [1.29, 1.82) is 0 Å². The van der Waals surface area contributed by atoms with Crippen LogP contribution < -0.4 is 4.74 Å². The Balaban J connectivity index is 2.24. The molecule has 1 N–H and O–H groups in total. The Kier molecular flexibility index (Phi) is 3.10. The summed E-state index contributed by atoms with van der Waals surface area (Å²) >= 11 is 0. The molecule has 5 heteroatoms. The number of aryl methyl sites for hydroxylation is 3. The molecule has 0 unspecified atom stereocenters. The Morgan fingerprint density at radius 3 is 2.65 bits per heavy atom. The average Bonchev–Trinajstić information content (AvgIpc) is 2.58. The van der Waals surface area contributed by atoms with Gasteiger partial charge >= 0.3 is 0 Å². The summed E-state index contributed by atoms with van der Waals surface area (Å²) in [6, 6.07) is 5.39. The Morgan fingerprint density at radius 2 is 2.12 bits per heavy atom. The van der Waals surface area contributed by atoms with Crippen molar-refractivity contribution < 1.29 is 9.84 Å². The van der Waals surface area contributed by atoms with E-state index < -0.39 is 0 Å². The summed E-state index contributed by atoms with van der Waals surface area (Å²) in [4.78, 5) is 4.27. The van der Waals surface area contributed by atoms with Gasteiger partial charge in [0.1, 0.15) is 0 Å².